The van der Waals surface area contributed by atoms with Gasteiger partial charge in [0.2, 0.25) is 0 Å². The molecule has 35 heavy (non-hydrogen) atoms. The van der Waals surface area contributed by atoms with Crippen molar-refractivity contribution in [3.05, 3.63) is 65.6 Å². The van der Waals surface area contributed by atoms with Gasteiger partial charge in [-0.3, -0.25) is 0 Å². The van der Waals surface area contributed by atoms with Gasteiger partial charge in [0.05, 0.1) is 18.1 Å². The summed E-state index contributed by atoms with van der Waals surface area (Å²) in [6, 6.07) is 3.72. The maximum absolute atomic E-state index is 14.3. The monoisotopic (exact) mass is 496 g/mol. The average Bonchev–Trinajstić information content (AvgIpc) is 3.30. The number of halogens is 2. The molecule has 3 rings (SSSR count). The predicted octanol–water partition coefficient (Wildman–Crippen LogP) is 3.17. The third-order valence-corrected chi connectivity index (χ3v) is 4.85. The van der Waals surface area contributed by atoms with Crippen molar-refractivity contribution in [3.63, 3.8) is 0 Å². The smallest absolute Gasteiger partial charge is 0.410 e. The number of piperazine rings is 1. The van der Waals surface area contributed by atoms with Gasteiger partial charge >= 0.3 is 18.0 Å². The number of furan rings is 1. The van der Waals surface area contributed by atoms with E-state index < -0.39 is 36.3 Å². The number of carbonyl (C=O) groups excluding carboxylic acids is 1. The van der Waals surface area contributed by atoms with Crippen LogP contribution in [0, 0.1) is 11.6 Å². The number of hydrogen-bond donors (Lipinski definition) is 3. The fourth-order valence-electron chi connectivity index (χ4n) is 3.19. The molecule has 0 aliphatic carbocycles. The Kier molecular flexibility index (Phi) is 10.2. The van der Waals surface area contributed by atoms with Gasteiger partial charge in [-0.2, -0.15) is 0 Å². The maximum atomic E-state index is 14.3. The Morgan fingerprint density at radius 3 is 2.14 bits per heavy atom. The zero-order valence-corrected chi connectivity index (χ0v) is 19.1. The van der Waals surface area contributed by atoms with Crippen molar-refractivity contribution in [2.24, 2.45) is 0 Å². The molecule has 3 N–H and O–H groups in total. The Labute approximate surface area is 199 Å². The lowest BCUT2D eigenvalue weighted by atomic mass is 10.1. The molecule has 12 heteroatoms. The molecule has 2 atom stereocenters. The number of nitrogens with zero attached hydrogens (tertiary/aromatic N) is 1. The Morgan fingerprint density at radius 1 is 1.09 bits per heavy atom. The van der Waals surface area contributed by atoms with Crippen LogP contribution in [0.2, 0.25) is 0 Å². The normalized spacial score (nSPS) is 17.4. The molecule has 0 bridgehead atoms. The lowest BCUT2D eigenvalue weighted by Crippen LogP contribution is -2.57. The standard InChI is InChI=1S/C19H22F2N2O4.C4H4O4/c1-12-7-22-8-13(2)23(12)19(24)27-11-16-17(20)5-15(6-18(16)21)26-10-14-3-4-25-9-14;5-3(6)1-2-4(7)8/h3-6,9,12-13,22H,7-8,10-11H2,1-2H3;1-2H,(H,5,6)(H,7,8). The number of benzene rings is 1. The van der Waals surface area contributed by atoms with Crippen LogP contribution in [0.5, 0.6) is 5.75 Å². The van der Waals surface area contributed by atoms with E-state index in [0.717, 1.165) is 17.7 Å². The molecule has 1 aliphatic rings. The van der Waals surface area contributed by atoms with Gasteiger partial charge in [0, 0.05) is 55.0 Å². The molecule has 0 saturated carbocycles. The lowest BCUT2D eigenvalue weighted by Gasteiger charge is -2.38. The molecule has 2 unspecified atom stereocenters. The van der Waals surface area contributed by atoms with Crippen LogP contribution in [0.3, 0.4) is 0 Å². The Balaban J connectivity index is 0.000000466. The average molecular weight is 496 g/mol. The number of carboxylic acids is 2. The summed E-state index contributed by atoms with van der Waals surface area (Å²) in [7, 11) is 0. The van der Waals surface area contributed by atoms with Crippen LogP contribution in [-0.2, 0) is 27.5 Å². The highest BCUT2D eigenvalue weighted by Crippen LogP contribution is 2.23. The zero-order chi connectivity index (χ0) is 26.0. The van der Waals surface area contributed by atoms with E-state index in [2.05, 4.69) is 5.32 Å². The van der Waals surface area contributed by atoms with E-state index in [1.807, 2.05) is 13.8 Å². The topological polar surface area (TPSA) is 139 Å². The van der Waals surface area contributed by atoms with E-state index in [4.69, 9.17) is 24.1 Å². The third kappa shape index (κ3) is 8.74. The van der Waals surface area contributed by atoms with Crippen molar-refractivity contribution < 1.29 is 47.3 Å². The summed E-state index contributed by atoms with van der Waals surface area (Å²) in [6.07, 6.45) is 3.50. The molecule has 1 aliphatic heterocycles. The molecule has 1 aromatic carbocycles. The summed E-state index contributed by atoms with van der Waals surface area (Å²) in [6.45, 7) is 4.70. The Hall–Kier alpha value is -3.93. The molecule has 1 fully saturated rings. The number of nitrogens with one attached hydrogen (secondary N) is 1. The van der Waals surface area contributed by atoms with Crippen LogP contribution < -0.4 is 10.1 Å². The first-order valence-electron chi connectivity index (χ1n) is 10.5. The molecule has 2 heterocycles. The minimum atomic E-state index is -1.26. The number of rotatable bonds is 7. The minimum Gasteiger partial charge on any atom is -0.489 e. The molecule has 0 spiro atoms. The summed E-state index contributed by atoms with van der Waals surface area (Å²) < 4.78 is 44.0. The van der Waals surface area contributed by atoms with Crippen molar-refractivity contribution in [1.29, 1.82) is 0 Å². The summed E-state index contributed by atoms with van der Waals surface area (Å²) >= 11 is 0. The van der Waals surface area contributed by atoms with E-state index in [-0.39, 0.29) is 30.0 Å². The number of aliphatic carboxylic acids is 2. The number of amides is 1. The molecule has 0 radical (unpaired) electrons. The molecular formula is C23H26F2N2O8. The third-order valence-electron chi connectivity index (χ3n) is 4.85. The first-order valence-corrected chi connectivity index (χ1v) is 10.5. The molecule has 1 saturated heterocycles. The van der Waals surface area contributed by atoms with E-state index >= 15 is 0 Å². The van der Waals surface area contributed by atoms with Crippen LogP contribution in [0.4, 0.5) is 13.6 Å². The van der Waals surface area contributed by atoms with Crippen molar-refractivity contribution in [3.8, 4) is 5.75 Å². The second-order valence-electron chi connectivity index (χ2n) is 7.61. The summed E-state index contributed by atoms with van der Waals surface area (Å²) in [5, 5.41) is 18.8. The van der Waals surface area contributed by atoms with Crippen molar-refractivity contribution in [2.75, 3.05) is 13.1 Å². The summed E-state index contributed by atoms with van der Waals surface area (Å²) in [5.74, 6) is -4.12. The molecular weight excluding hydrogens is 470 g/mol. The number of carbonyl (C=O) groups is 3. The van der Waals surface area contributed by atoms with Gasteiger partial charge in [-0.15, -0.1) is 0 Å². The molecule has 190 valence electrons. The van der Waals surface area contributed by atoms with Crippen molar-refractivity contribution >= 4 is 18.0 Å². The van der Waals surface area contributed by atoms with Gasteiger partial charge in [0.1, 0.15) is 30.6 Å². The zero-order valence-electron chi connectivity index (χ0n) is 19.1. The second kappa shape index (κ2) is 13.1. The highest BCUT2D eigenvalue weighted by molar-refractivity contribution is 5.89. The van der Waals surface area contributed by atoms with E-state index in [9.17, 15) is 23.2 Å². The number of hydrogen-bond acceptors (Lipinski definition) is 7. The molecule has 1 amide bonds. The molecule has 2 aromatic rings. The lowest BCUT2D eigenvalue weighted by molar-refractivity contribution is -0.134. The summed E-state index contributed by atoms with van der Waals surface area (Å²) in [5.41, 5.74) is 0.433. The first-order chi connectivity index (χ1) is 16.6. The van der Waals surface area contributed by atoms with Gasteiger partial charge in [-0.25, -0.2) is 23.2 Å². The van der Waals surface area contributed by atoms with Gasteiger partial charge in [-0.1, -0.05) is 0 Å². The Bertz CT molecular complexity index is 993. The van der Waals surface area contributed by atoms with Crippen LogP contribution in [0.25, 0.3) is 0 Å². The number of carboxylic acid groups (broad SMARTS) is 2. The minimum absolute atomic E-state index is 0.0469. The van der Waals surface area contributed by atoms with E-state index in [1.54, 1.807) is 11.0 Å². The predicted molar refractivity (Wildman–Crippen MR) is 118 cm³/mol. The van der Waals surface area contributed by atoms with Crippen LogP contribution >= 0.6 is 0 Å². The van der Waals surface area contributed by atoms with E-state index in [1.165, 1.54) is 12.5 Å². The highest BCUT2D eigenvalue weighted by atomic mass is 19.1. The number of ether oxygens (including phenoxy) is 2. The van der Waals surface area contributed by atoms with Crippen LogP contribution in [0.1, 0.15) is 25.0 Å². The molecule has 10 nitrogen and oxygen atoms in total. The van der Waals surface area contributed by atoms with Gasteiger partial charge in [0.15, 0.2) is 0 Å². The maximum Gasteiger partial charge on any atom is 0.410 e. The fraction of sp³-hybridized carbons (Fsp3) is 0.348. The summed E-state index contributed by atoms with van der Waals surface area (Å²) in [4.78, 5) is 33.0. The highest BCUT2D eigenvalue weighted by Gasteiger charge is 2.30. The largest absolute Gasteiger partial charge is 0.489 e. The Morgan fingerprint density at radius 2 is 1.66 bits per heavy atom. The van der Waals surface area contributed by atoms with Gasteiger partial charge < -0.3 is 34.3 Å². The second-order valence-corrected chi connectivity index (χ2v) is 7.61. The van der Waals surface area contributed by atoms with Crippen LogP contribution in [0.15, 0.2) is 47.3 Å². The van der Waals surface area contributed by atoms with Gasteiger partial charge in [-0.05, 0) is 19.9 Å². The first kappa shape index (κ1) is 27.3. The van der Waals surface area contributed by atoms with E-state index in [0.29, 0.717) is 25.2 Å². The SMILES string of the molecule is CC1CNCC(C)N1C(=O)OCc1c(F)cc(OCc2ccoc2)cc1F.O=C(O)C=CC(=O)O. The quantitative estimate of drug-likeness (QED) is 0.493. The molecule has 1 aromatic heterocycles. The fourth-order valence-corrected chi connectivity index (χ4v) is 3.19. The van der Waals surface area contributed by atoms with Crippen LogP contribution in [-0.4, -0.2) is 58.3 Å². The van der Waals surface area contributed by atoms with Gasteiger partial charge in [0.25, 0.3) is 0 Å². The van der Waals surface area contributed by atoms with Crippen molar-refractivity contribution in [2.45, 2.75) is 39.1 Å². The van der Waals surface area contributed by atoms with Crippen molar-refractivity contribution in [1.82, 2.24) is 10.2 Å².